The first kappa shape index (κ1) is 20.5. The van der Waals surface area contributed by atoms with Crippen LogP contribution in [0.25, 0.3) is 11.3 Å². The number of nitrogens with one attached hydrogen (secondary N) is 1. The lowest BCUT2D eigenvalue weighted by Crippen LogP contribution is -2.43. The van der Waals surface area contributed by atoms with Crippen molar-refractivity contribution >= 4 is 17.4 Å². The van der Waals surface area contributed by atoms with Gasteiger partial charge in [-0.05, 0) is 56.0 Å². The Balaban J connectivity index is 1.39. The molecular weight excluding hydrogens is 405 g/mol. The second kappa shape index (κ2) is 9.02. The van der Waals surface area contributed by atoms with E-state index in [0.29, 0.717) is 17.4 Å². The van der Waals surface area contributed by atoms with E-state index < -0.39 is 0 Å². The van der Waals surface area contributed by atoms with Crippen LogP contribution < -0.4 is 5.32 Å². The van der Waals surface area contributed by atoms with Gasteiger partial charge in [-0.2, -0.15) is 0 Å². The van der Waals surface area contributed by atoms with Crippen LogP contribution in [-0.4, -0.2) is 38.8 Å². The fourth-order valence-electron chi connectivity index (χ4n) is 4.36. The highest BCUT2D eigenvalue weighted by Crippen LogP contribution is 2.33. The summed E-state index contributed by atoms with van der Waals surface area (Å²) in [5, 5.41) is 3.22. The summed E-state index contributed by atoms with van der Waals surface area (Å²) in [6.45, 7) is 1.49. The lowest BCUT2D eigenvalue weighted by molar-refractivity contribution is -0.139. The highest BCUT2D eigenvalue weighted by Gasteiger charge is 2.32. The average Bonchev–Trinajstić information content (AvgIpc) is 2.78. The minimum absolute atomic E-state index is 0.171. The van der Waals surface area contributed by atoms with Crippen molar-refractivity contribution < 1.29 is 9.18 Å². The highest BCUT2D eigenvalue weighted by molar-refractivity contribution is 5.79. The number of nitrogens with zero attached hydrogens (tertiary/aromatic N) is 4. The van der Waals surface area contributed by atoms with Crippen LogP contribution in [-0.2, 0) is 4.79 Å². The largest absolute Gasteiger partial charge is 0.342 e. The number of benzene rings is 1. The first-order valence-electron chi connectivity index (χ1n) is 11.3. The van der Waals surface area contributed by atoms with Gasteiger partial charge in [0.05, 0.1) is 5.69 Å². The molecular formula is C25H26FN5O. The van der Waals surface area contributed by atoms with Gasteiger partial charge < -0.3 is 10.2 Å². The fraction of sp³-hybridized carbons (Fsp3) is 0.360. The monoisotopic (exact) mass is 431 g/mol. The number of hydrogen-bond donors (Lipinski definition) is 1. The van der Waals surface area contributed by atoms with Gasteiger partial charge >= 0.3 is 0 Å². The maximum Gasteiger partial charge on any atom is 0.225 e. The van der Waals surface area contributed by atoms with E-state index in [4.69, 9.17) is 9.97 Å². The van der Waals surface area contributed by atoms with Gasteiger partial charge in [-0.3, -0.25) is 9.78 Å². The molecule has 0 bridgehead atoms. The van der Waals surface area contributed by atoms with Crippen LogP contribution in [0.3, 0.4) is 0 Å². The molecule has 2 fully saturated rings. The number of aromatic nitrogens is 3. The first-order chi connectivity index (χ1) is 15.7. The summed E-state index contributed by atoms with van der Waals surface area (Å²) in [7, 11) is 0. The van der Waals surface area contributed by atoms with E-state index in [2.05, 4.69) is 10.3 Å². The zero-order valence-electron chi connectivity index (χ0n) is 17.9. The van der Waals surface area contributed by atoms with Crippen LogP contribution in [0.15, 0.2) is 54.9 Å². The molecule has 0 atom stereocenters. The Morgan fingerprint density at radius 3 is 2.56 bits per heavy atom. The predicted octanol–water partition coefficient (Wildman–Crippen LogP) is 4.93. The molecule has 2 aromatic heterocycles. The Labute approximate surface area is 186 Å². The van der Waals surface area contributed by atoms with Gasteiger partial charge in [-0.1, -0.05) is 12.5 Å². The van der Waals surface area contributed by atoms with E-state index in [0.717, 1.165) is 55.9 Å². The molecule has 6 nitrogen and oxygen atoms in total. The van der Waals surface area contributed by atoms with Gasteiger partial charge in [0.2, 0.25) is 5.91 Å². The van der Waals surface area contributed by atoms with Crippen LogP contribution in [0.4, 0.5) is 15.9 Å². The normalized spacial score (nSPS) is 17.1. The SMILES string of the molecule is O=C(C1CCC1)N1CCC(c2nc(Nc3cccc(F)c3)cc(-c3cccnc3)n2)CC1. The van der Waals surface area contributed by atoms with E-state index in [1.54, 1.807) is 24.5 Å². The summed E-state index contributed by atoms with van der Waals surface area (Å²) in [4.78, 5) is 28.4. The minimum Gasteiger partial charge on any atom is -0.342 e. The van der Waals surface area contributed by atoms with Crippen molar-refractivity contribution in [3.63, 3.8) is 0 Å². The molecule has 32 heavy (non-hydrogen) atoms. The van der Waals surface area contributed by atoms with Crippen LogP contribution in [0, 0.1) is 11.7 Å². The zero-order chi connectivity index (χ0) is 21.9. The number of carbonyl (C=O) groups is 1. The molecule has 1 saturated heterocycles. The van der Waals surface area contributed by atoms with Crippen LogP contribution in [0.2, 0.25) is 0 Å². The molecule has 1 aromatic carbocycles. The molecule has 164 valence electrons. The number of rotatable bonds is 5. The van der Waals surface area contributed by atoms with E-state index >= 15 is 0 Å². The second-order valence-electron chi connectivity index (χ2n) is 8.60. The fourth-order valence-corrected chi connectivity index (χ4v) is 4.36. The van der Waals surface area contributed by atoms with Crippen LogP contribution >= 0.6 is 0 Å². The maximum absolute atomic E-state index is 13.7. The third-order valence-corrected chi connectivity index (χ3v) is 6.42. The Kier molecular flexibility index (Phi) is 5.79. The third-order valence-electron chi connectivity index (χ3n) is 6.42. The number of amides is 1. The molecule has 0 spiro atoms. The van der Waals surface area contributed by atoms with Gasteiger partial charge in [0.25, 0.3) is 0 Å². The van der Waals surface area contributed by atoms with Crippen molar-refractivity contribution in [2.24, 2.45) is 5.92 Å². The Bertz CT molecular complexity index is 1090. The number of carbonyl (C=O) groups excluding carboxylic acids is 1. The number of hydrogen-bond acceptors (Lipinski definition) is 5. The summed E-state index contributed by atoms with van der Waals surface area (Å²) in [5.41, 5.74) is 2.30. The molecule has 1 saturated carbocycles. The standard InChI is InChI=1S/C25H26FN5O/c26-20-7-2-8-21(14-20)28-23-15-22(19-6-3-11-27-16-19)29-24(30-23)17-9-12-31(13-10-17)25(32)18-4-1-5-18/h2-3,6-8,11,14-18H,1,4-5,9-10,12-13H2,(H,28,29,30). The molecule has 3 heterocycles. The van der Waals surface area contributed by atoms with E-state index in [-0.39, 0.29) is 17.7 Å². The minimum atomic E-state index is -0.305. The number of piperidine rings is 1. The quantitative estimate of drug-likeness (QED) is 0.620. The Morgan fingerprint density at radius 1 is 1.03 bits per heavy atom. The van der Waals surface area contributed by atoms with Crippen LogP contribution in [0.5, 0.6) is 0 Å². The van der Waals surface area contributed by atoms with Crippen LogP contribution in [0.1, 0.15) is 43.8 Å². The van der Waals surface area contributed by atoms with Gasteiger partial charge in [-0.25, -0.2) is 14.4 Å². The van der Waals surface area contributed by atoms with Gasteiger partial charge in [0, 0.05) is 54.6 Å². The lowest BCUT2D eigenvalue weighted by atomic mass is 9.83. The van der Waals surface area contributed by atoms with E-state index in [1.165, 1.54) is 18.6 Å². The highest BCUT2D eigenvalue weighted by atomic mass is 19.1. The number of halogens is 1. The van der Waals surface area contributed by atoms with Gasteiger partial charge in [-0.15, -0.1) is 0 Å². The molecule has 0 radical (unpaired) electrons. The summed E-state index contributed by atoms with van der Waals surface area (Å²) < 4.78 is 13.7. The van der Waals surface area contributed by atoms with Crippen molar-refractivity contribution in [2.75, 3.05) is 18.4 Å². The Morgan fingerprint density at radius 2 is 1.88 bits per heavy atom. The molecule has 1 aliphatic carbocycles. The molecule has 0 unspecified atom stereocenters. The van der Waals surface area contributed by atoms with Crippen molar-refractivity contribution in [3.8, 4) is 11.3 Å². The zero-order valence-corrected chi connectivity index (χ0v) is 17.9. The smallest absolute Gasteiger partial charge is 0.225 e. The summed E-state index contributed by atoms with van der Waals surface area (Å²) in [6.07, 6.45) is 8.42. The van der Waals surface area contributed by atoms with E-state index in [9.17, 15) is 9.18 Å². The predicted molar refractivity (Wildman–Crippen MR) is 121 cm³/mol. The molecule has 3 aromatic rings. The average molecular weight is 432 g/mol. The summed E-state index contributed by atoms with van der Waals surface area (Å²) >= 11 is 0. The molecule has 1 amide bonds. The summed E-state index contributed by atoms with van der Waals surface area (Å²) in [6, 6.07) is 12.0. The molecule has 2 aliphatic rings. The summed E-state index contributed by atoms with van der Waals surface area (Å²) in [5.74, 6) is 1.78. The molecule has 5 rings (SSSR count). The topological polar surface area (TPSA) is 71.0 Å². The molecule has 1 N–H and O–H groups in total. The third kappa shape index (κ3) is 4.47. The van der Waals surface area contributed by atoms with Gasteiger partial charge in [0.1, 0.15) is 17.5 Å². The van der Waals surface area contributed by atoms with Crippen molar-refractivity contribution in [3.05, 3.63) is 66.5 Å². The molecule has 7 heteroatoms. The number of pyridine rings is 1. The maximum atomic E-state index is 13.7. The lowest BCUT2D eigenvalue weighted by Gasteiger charge is -2.36. The van der Waals surface area contributed by atoms with E-state index in [1.807, 2.05) is 23.1 Å². The molecule has 1 aliphatic heterocycles. The first-order valence-corrected chi connectivity index (χ1v) is 11.3. The number of likely N-dealkylation sites (tertiary alicyclic amines) is 1. The Hall–Kier alpha value is -3.35. The van der Waals surface area contributed by atoms with Crippen molar-refractivity contribution in [1.82, 2.24) is 19.9 Å². The van der Waals surface area contributed by atoms with Crippen molar-refractivity contribution in [1.29, 1.82) is 0 Å². The van der Waals surface area contributed by atoms with Crippen molar-refractivity contribution in [2.45, 2.75) is 38.0 Å². The van der Waals surface area contributed by atoms with Gasteiger partial charge in [0.15, 0.2) is 0 Å². The number of anilines is 2. The second-order valence-corrected chi connectivity index (χ2v) is 8.60.